The van der Waals surface area contributed by atoms with E-state index in [9.17, 15) is 4.39 Å². The molecule has 1 saturated heterocycles. The van der Waals surface area contributed by atoms with E-state index >= 15 is 0 Å². The lowest BCUT2D eigenvalue weighted by Crippen LogP contribution is -2.27. The molecule has 3 heteroatoms. The fourth-order valence-electron chi connectivity index (χ4n) is 0.868. The zero-order valence-corrected chi connectivity index (χ0v) is 5.40. The van der Waals surface area contributed by atoms with Gasteiger partial charge in [-0.25, -0.2) is 4.39 Å². The van der Waals surface area contributed by atoms with Crippen molar-refractivity contribution in [1.29, 1.82) is 0 Å². The quantitative estimate of drug-likeness (QED) is 0.556. The van der Waals surface area contributed by atoms with Crippen LogP contribution in [0.5, 0.6) is 0 Å². The summed E-state index contributed by atoms with van der Waals surface area (Å²) in [5.41, 5.74) is 0. The smallest absolute Gasteiger partial charge is 0.117 e. The van der Waals surface area contributed by atoms with Gasteiger partial charge in [-0.05, 0) is 13.0 Å². The fourth-order valence-corrected chi connectivity index (χ4v) is 0.868. The minimum absolute atomic E-state index is 0.201. The lowest BCUT2D eigenvalue weighted by Gasteiger charge is -2.08. The summed E-state index contributed by atoms with van der Waals surface area (Å²) in [4.78, 5) is 0. The van der Waals surface area contributed by atoms with Crippen molar-refractivity contribution in [2.24, 2.45) is 0 Å². The van der Waals surface area contributed by atoms with Gasteiger partial charge in [-0.15, -0.1) is 0 Å². The van der Waals surface area contributed by atoms with Crippen molar-refractivity contribution >= 4 is 0 Å². The topological polar surface area (TPSA) is 21.3 Å². The van der Waals surface area contributed by atoms with Gasteiger partial charge in [0.25, 0.3) is 0 Å². The van der Waals surface area contributed by atoms with Crippen molar-refractivity contribution in [1.82, 2.24) is 5.32 Å². The molecule has 1 aliphatic heterocycles. The Labute approximate surface area is 54.4 Å². The third-order valence-corrected chi connectivity index (χ3v) is 1.40. The van der Waals surface area contributed by atoms with Crippen LogP contribution in [-0.4, -0.2) is 32.5 Å². The molecule has 2 nitrogen and oxygen atoms in total. The first kappa shape index (κ1) is 6.96. The second-order valence-corrected chi connectivity index (χ2v) is 2.20. The molecule has 1 atom stereocenters. The van der Waals surface area contributed by atoms with Crippen LogP contribution >= 0.6 is 0 Å². The zero-order valence-electron chi connectivity index (χ0n) is 5.40. The molecule has 0 aliphatic carbocycles. The largest absolute Gasteiger partial charge is 0.374 e. The number of nitrogens with one attached hydrogen (secondary N) is 1. The van der Waals surface area contributed by atoms with Gasteiger partial charge in [0.05, 0.1) is 6.10 Å². The van der Waals surface area contributed by atoms with Gasteiger partial charge in [0, 0.05) is 13.2 Å². The van der Waals surface area contributed by atoms with Crippen LogP contribution in [0.15, 0.2) is 0 Å². The lowest BCUT2D eigenvalue weighted by molar-refractivity contribution is 0.0491. The molecule has 0 unspecified atom stereocenters. The van der Waals surface area contributed by atoms with Crippen LogP contribution in [0, 0.1) is 0 Å². The van der Waals surface area contributed by atoms with E-state index in [4.69, 9.17) is 4.74 Å². The van der Waals surface area contributed by atoms with Gasteiger partial charge in [0.2, 0.25) is 0 Å². The average molecular weight is 133 g/mol. The molecule has 1 rings (SSSR count). The van der Waals surface area contributed by atoms with Crippen LogP contribution in [-0.2, 0) is 4.74 Å². The van der Waals surface area contributed by atoms with Gasteiger partial charge in [-0.2, -0.15) is 0 Å². The maximum Gasteiger partial charge on any atom is 0.117 e. The Morgan fingerprint density at radius 1 is 1.67 bits per heavy atom. The monoisotopic (exact) mass is 133 g/mol. The Bertz CT molecular complexity index is 71.5. The van der Waals surface area contributed by atoms with E-state index in [2.05, 4.69) is 5.32 Å². The van der Waals surface area contributed by atoms with E-state index < -0.39 is 0 Å². The highest BCUT2D eigenvalue weighted by molar-refractivity contribution is 4.63. The maximum absolute atomic E-state index is 11.9. The minimum atomic E-state index is -0.368. The van der Waals surface area contributed by atoms with Crippen molar-refractivity contribution in [3.63, 3.8) is 0 Å². The summed E-state index contributed by atoms with van der Waals surface area (Å²) < 4.78 is 17.0. The molecular formula is C6H12FNO. The first-order valence-electron chi connectivity index (χ1n) is 3.32. The lowest BCUT2D eigenvalue weighted by atomic mass is 10.4. The van der Waals surface area contributed by atoms with E-state index in [1.165, 1.54) is 0 Å². The van der Waals surface area contributed by atoms with E-state index in [-0.39, 0.29) is 12.8 Å². The molecule has 9 heavy (non-hydrogen) atoms. The molecule has 0 aromatic heterocycles. The van der Waals surface area contributed by atoms with Crippen LogP contribution < -0.4 is 5.32 Å². The van der Waals surface area contributed by atoms with Crippen molar-refractivity contribution in [2.45, 2.75) is 12.5 Å². The number of ether oxygens (including phenoxy) is 1. The molecule has 0 radical (unpaired) electrons. The molecule has 1 aliphatic rings. The Kier molecular flexibility index (Phi) is 2.94. The molecule has 0 spiro atoms. The van der Waals surface area contributed by atoms with Gasteiger partial charge in [0.15, 0.2) is 0 Å². The van der Waals surface area contributed by atoms with Gasteiger partial charge in [-0.1, -0.05) is 0 Å². The average Bonchev–Trinajstić information content (AvgIpc) is 2.13. The van der Waals surface area contributed by atoms with Gasteiger partial charge < -0.3 is 10.1 Å². The summed E-state index contributed by atoms with van der Waals surface area (Å²) in [5, 5.41) is 3.08. The van der Waals surface area contributed by atoms with Gasteiger partial charge >= 0.3 is 0 Å². The normalized spacial score (nSPS) is 29.7. The molecule has 1 N–H and O–H groups in total. The summed E-state index contributed by atoms with van der Waals surface area (Å²) in [5.74, 6) is 0. The number of hydrogen-bond acceptors (Lipinski definition) is 2. The molecule has 1 fully saturated rings. The summed E-state index contributed by atoms with van der Waals surface area (Å²) >= 11 is 0. The highest BCUT2D eigenvalue weighted by Gasteiger charge is 2.10. The Balaban J connectivity index is 2.18. The number of rotatable bonds is 1. The Morgan fingerprint density at radius 2 is 2.56 bits per heavy atom. The van der Waals surface area contributed by atoms with Crippen molar-refractivity contribution < 1.29 is 9.13 Å². The van der Waals surface area contributed by atoms with Crippen LogP contribution in [0.4, 0.5) is 4.39 Å². The Hall–Kier alpha value is -0.150. The zero-order chi connectivity index (χ0) is 6.53. The predicted octanol–water partition coefficient (Wildman–Crippen LogP) is 0.334. The second kappa shape index (κ2) is 3.80. The standard InChI is InChI=1S/C6H12FNO/c7-4-6-5-8-2-1-3-9-6/h6,8H,1-5H2/t6-/m0/s1. The second-order valence-electron chi connectivity index (χ2n) is 2.20. The van der Waals surface area contributed by atoms with Crippen molar-refractivity contribution in [2.75, 3.05) is 26.4 Å². The highest BCUT2D eigenvalue weighted by Crippen LogP contribution is 1.96. The minimum Gasteiger partial charge on any atom is -0.374 e. The predicted molar refractivity (Wildman–Crippen MR) is 33.2 cm³/mol. The van der Waals surface area contributed by atoms with E-state index in [0.717, 1.165) is 13.0 Å². The number of hydrogen-bond donors (Lipinski definition) is 1. The third-order valence-electron chi connectivity index (χ3n) is 1.40. The molecule has 1 heterocycles. The first-order valence-corrected chi connectivity index (χ1v) is 3.32. The van der Waals surface area contributed by atoms with Gasteiger partial charge in [-0.3, -0.25) is 0 Å². The number of halogens is 1. The molecule has 0 bridgehead atoms. The molecule has 54 valence electrons. The summed E-state index contributed by atoms with van der Waals surface area (Å²) in [7, 11) is 0. The first-order chi connectivity index (χ1) is 4.43. The highest BCUT2D eigenvalue weighted by atomic mass is 19.1. The van der Waals surface area contributed by atoms with Crippen LogP contribution in [0.1, 0.15) is 6.42 Å². The van der Waals surface area contributed by atoms with Crippen LogP contribution in [0.2, 0.25) is 0 Å². The summed E-state index contributed by atoms with van der Waals surface area (Å²) in [6.45, 7) is 1.95. The molecule has 0 saturated carbocycles. The van der Waals surface area contributed by atoms with E-state index in [1.54, 1.807) is 0 Å². The fraction of sp³-hybridized carbons (Fsp3) is 1.00. The molecule has 0 amide bonds. The van der Waals surface area contributed by atoms with Crippen molar-refractivity contribution in [3.8, 4) is 0 Å². The summed E-state index contributed by atoms with van der Waals surface area (Å²) in [6.07, 6.45) is 0.795. The summed E-state index contributed by atoms with van der Waals surface area (Å²) in [6, 6.07) is 0. The van der Waals surface area contributed by atoms with Crippen molar-refractivity contribution in [3.05, 3.63) is 0 Å². The molecule has 0 aromatic rings. The molecular weight excluding hydrogens is 121 g/mol. The Morgan fingerprint density at radius 3 is 3.33 bits per heavy atom. The third kappa shape index (κ3) is 2.28. The number of alkyl halides is 1. The maximum atomic E-state index is 11.9. The van der Waals surface area contributed by atoms with E-state index in [1.807, 2.05) is 0 Å². The van der Waals surface area contributed by atoms with E-state index in [0.29, 0.717) is 13.2 Å². The van der Waals surface area contributed by atoms with Crippen LogP contribution in [0.3, 0.4) is 0 Å². The SMILES string of the molecule is FC[C@H]1CNCCCO1. The van der Waals surface area contributed by atoms with Crippen LogP contribution in [0.25, 0.3) is 0 Å². The molecule has 0 aromatic carbocycles. The van der Waals surface area contributed by atoms with Gasteiger partial charge in [0.1, 0.15) is 6.67 Å².